The monoisotopic (exact) mass is 129 g/mol. The molecule has 2 nitrogen and oxygen atoms in total. The lowest BCUT2D eigenvalue weighted by Crippen LogP contribution is -2.03. The van der Waals surface area contributed by atoms with E-state index in [1.165, 1.54) is 0 Å². The van der Waals surface area contributed by atoms with E-state index < -0.39 is 0 Å². The van der Waals surface area contributed by atoms with Crippen molar-refractivity contribution in [3.05, 3.63) is 0 Å². The Morgan fingerprint density at radius 3 is 2.56 bits per heavy atom. The Kier molecular flexibility index (Phi) is 5.52. The van der Waals surface area contributed by atoms with Crippen LogP contribution in [0.15, 0.2) is 0 Å². The van der Waals surface area contributed by atoms with E-state index in [2.05, 4.69) is 0 Å². The summed E-state index contributed by atoms with van der Waals surface area (Å²) in [5.41, 5.74) is 5.22. The Hall–Kier alpha value is -0.370. The van der Waals surface area contributed by atoms with E-state index in [-0.39, 0.29) is 0 Å². The van der Waals surface area contributed by atoms with Crippen molar-refractivity contribution >= 4 is 5.78 Å². The lowest BCUT2D eigenvalue weighted by Gasteiger charge is -1.94. The summed E-state index contributed by atoms with van der Waals surface area (Å²) in [7, 11) is 0. The molecule has 0 saturated carbocycles. The zero-order valence-electron chi connectivity index (χ0n) is 6.02. The van der Waals surface area contributed by atoms with Gasteiger partial charge in [0, 0.05) is 12.8 Å². The summed E-state index contributed by atoms with van der Waals surface area (Å²) < 4.78 is 0. The van der Waals surface area contributed by atoms with E-state index in [1.54, 1.807) is 0 Å². The summed E-state index contributed by atoms with van der Waals surface area (Å²) in [6.45, 7) is 2.65. The summed E-state index contributed by atoms with van der Waals surface area (Å²) in [5.74, 6) is 0.350. The van der Waals surface area contributed by atoms with Crippen LogP contribution in [0.3, 0.4) is 0 Å². The first kappa shape index (κ1) is 8.63. The molecule has 0 saturated heterocycles. The Balaban J connectivity index is 3.06. The molecule has 0 amide bonds. The van der Waals surface area contributed by atoms with Gasteiger partial charge in [0.2, 0.25) is 0 Å². The first-order valence-corrected chi connectivity index (χ1v) is 3.53. The fourth-order valence-corrected chi connectivity index (χ4v) is 0.703. The average molecular weight is 129 g/mol. The van der Waals surface area contributed by atoms with Crippen molar-refractivity contribution in [3.8, 4) is 0 Å². The second-order valence-electron chi connectivity index (χ2n) is 2.18. The maximum Gasteiger partial charge on any atom is 0.132 e. The van der Waals surface area contributed by atoms with E-state index in [0.717, 1.165) is 19.3 Å². The Bertz CT molecular complexity index is 81.0. The van der Waals surface area contributed by atoms with Crippen LogP contribution in [0.5, 0.6) is 0 Å². The first-order chi connectivity index (χ1) is 4.31. The summed E-state index contributed by atoms with van der Waals surface area (Å²) >= 11 is 0. The van der Waals surface area contributed by atoms with E-state index in [0.29, 0.717) is 18.7 Å². The minimum Gasteiger partial charge on any atom is -0.330 e. The third kappa shape index (κ3) is 5.50. The number of rotatable bonds is 5. The van der Waals surface area contributed by atoms with Crippen LogP contribution in [0, 0.1) is 0 Å². The van der Waals surface area contributed by atoms with Crippen LogP contribution in [0.2, 0.25) is 0 Å². The smallest absolute Gasteiger partial charge is 0.132 e. The number of hydrogen-bond donors (Lipinski definition) is 1. The molecule has 0 aliphatic heterocycles. The van der Waals surface area contributed by atoms with Crippen LogP contribution in [-0.2, 0) is 4.79 Å². The third-order valence-corrected chi connectivity index (χ3v) is 1.19. The fourth-order valence-electron chi connectivity index (χ4n) is 0.703. The van der Waals surface area contributed by atoms with E-state index in [4.69, 9.17) is 5.73 Å². The largest absolute Gasteiger partial charge is 0.330 e. The molecule has 0 radical (unpaired) electrons. The third-order valence-electron chi connectivity index (χ3n) is 1.19. The molecule has 9 heavy (non-hydrogen) atoms. The van der Waals surface area contributed by atoms with Gasteiger partial charge in [0.15, 0.2) is 0 Å². The molecule has 0 bridgehead atoms. The second kappa shape index (κ2) is 5.76. The maximum atomic E-state index is 10.7. The lowest BCUT2D eigenvalue weighted by atomic mass is 10.1. The Morgan fingerprint density at radius 1 is 1.44 bits per heavy atom. The van der Waals surface area contributed by atoms with Crippen LogP contribution in [-0.4, -0.2) is 12.3 Å². The minimum atomic E-state index is 0.350. The predicted molar refractivity (Wildman–Crippen MR) is 38.2 cm³/mol. The molecule has 0 aromatic carbocycles. The number of hydrogen-bond acceptors (Lipinski definition) is 2. The predicted octanol–water partition coefficient (Wildman–Crippen LogP) is 1.09. The summed E-state index contributed by atoms with van der Waals surface area (Å²) in [6.07, 6.45) is 3.20. The van der Waals surface area contributed by atoms with Gasteiger partial charge >= 0.3 is 0 Å². The first-order valence-electron chi connectivity index (χ1n) is 3.53. The van der Waals surface area contributed by atoms with Gasteiger partial charge in [-0.05, 0) is 19.4 Å². The van der Waals surface area contributed by atoms with Gasteiger partial charge in [-0.15, -0.1) is 0 Å². The molecule has 54 valence electrons. The lowest BCUT2D eigenvalue weighted by molar-refractivity contribution is -0.119. The second-order valence-corrected chi connectivity index (χ2v) is 2.18. The number of carbonyl (C=O) groups excluding carboxylic acids is 1. The highest BCUT2D eigenvalue weighted by molar-refractivity contribution is 5.78. The van der Waals surface area contributed by atoms with Crippen LogP contribution < -0.4 is 5.73 Å². The standard InChI is InChI=1S/C7H15NO/c1-2-4-7(9)5-3-6-8/h2-6,8H2,1H3. The SMILES string of the molecule is CCCC(=O)CCCN. The number of Topliss-reactive ketones (excluding diaryl/α,β-unsaturated/α-hetero) is 1. The minimum absolute atomic E-state index is 0.350. The fraction of sp³-hybridized carbons (Fsp3) is 0.857. The molecular weight excluding hydrogens is 114 g/mol. The van der Waals surface area contributed by atoms with Crippen molar-refractivity contribution in [3.63, 3.8) is 0 Å². The van der Waals surface area contributed by atoms with Gasteiger partial charge < -0.3 is 5.73 Å². The molecule has 2 N–H and O–H groups in total. The Labute approximate surface area is 56.4 Å². The van der Waals surface area contributed by atoms with Gasteiger partial charge in [-0.2, -0.15) is 0 Å². The molecule has 0 aliphatic carbocycles. The van der Waals surface area contributed by atoms with Crippen molar-refractivity contribution in [2.45, 2.75) is 32.6 Å². The molecule has 0 aromatic heterocycles. The zero-order chi connectivity index (χ0) is 7.11. The van der Waals surface area contributed by atoms with Crippen molar-refractivity contribution < 1.29 is 4.79 Å². The van der Waals surface area contributed by atoms with Gasteiger partial charge in [0.25, 0.3) is 0 Å². The number of carbonyl (C=O) groups is 1. The van der Waals surface area contributed by atoms with E-state index in [1.807, 2.05) is 6.92 Å². The van der Waals surface area contributed by atoms with Crippen LogP contribution >= 0.6 is 0 Å². The van der Waals surface area contributed by atoms with Crippen molar-refractivity contribution in [1.82, 2.24) is 0 Å². The van der Waals surface area contributed by atoms with Crippen molar-refractivity contribution in [2.75, 3.05) is 6.54 Å². The van der Waals surface area contributed by atoms with Crippen LogP contribution in [0.4, 0.5) is 0 Å². The molecule has 0 fully saturated rings. The van der Waals surface area contributed by atoms with E-state index >= 15 is 0 Å². The van der Waals surface area contributed by atoms with Gasteiger partial charge in [-0.1, -0.05) is 6.92 Å². The molecule has 0 heterocycles. The molecule has 2 heteroatoms. The van der Waals surface area contributed by atoms with Gasteiger partial charge in [0.1, 0.15) is 5.78 Å². The highest BCUT2D eigenvalue weighted by atomic mass is 16.1. The van der Waals surface area contributed by atoms with Gasteiger partial charge in [-0.25, -0.2) is 0 Å². The molecule has 0 atom stereocenters. The van der Waals surface area contributed by atoms with Crippen LogP contribution in [0.1, 0.15) is 32.6 Å². The Morgan fingerprint density at radius 2 is 2.11 bits per heavy atom. The quantitative estimate of drug-likeness (QED) is 0.604. The number of nitrogens with two attached hydrogens (primary N) is 1. The normalized spacial score (nSPS) is 9.56. The highest BCUT2D eigenvalue weighted by Crippen LogP contribution is 1.95. The summed E-state index contributed by atoms with van der Waals surface area (Å²) in [4.78, 5) is 10.7. The topological polar surface area (TPSA) is 43.1 Å². The van der Waals surface area contributed by atoms with Crippen molar-refractivity contribution in [2.24, 2.45) is 5.73 Å². The molecule has 0 aromatic rings. The highest BCUT2D eigenvalue weighted by Gasteiger charge is 1.96. The molecular formula is C7H15NO. The maximum absolute atomic E-state index is 10.7. The zero-order valence-corrected chi connectivity index (χ0v) is 6.02. The summed E-state index contributed by atoms with van der Waals surface area (Å²) in [6, 6.07) is 0. The average Bonchev–Trinajstić information content (AvgIpc) is 1.85. The van der Waals surface area contributed by atoms with Gasteiger partial charge in [-0.3, -0.25) is 4.79 Å². The molecule has 0 rings (SSSR count). The van der Waals surface area contributed by atoms with Crippen molar-refractivity contribution in [1.29, 1.82) is 0 Å². The molecule has 0 aliphatic rings. The number of ketones is 1. The van der Waals surface area contributed by atoms with Crippen LogP contribution in [0.25, 0.3) is 0 Å². The van der Waals surface area contributed by atoms with E-state index in [9.17, 15) is 4.79 Å². The summed E-state index contributed by atoms with van der Waals surface area (Å²) in [5, 5.41) is 0. The van der Waals surface area contributed by atoms with Gasteiger partial charge in [0.05, 0.1) is 0 Å². The molecule has 0 spiro atoms. The molecule has 0 unspecified atom stereocenters.